The summed E-state index contributed by atoms with van der Waals surface area (Å²) >= 11 is 5.48. The van der Waals surface area contributed by atoms with Crippen molar-refractivity contribution in [3.63, 3.8) is 0 Å². The van der Waals surface area contributed by atoms with Crippen molar-refractivity contribution in [2.75, 3.05) is 4.84 Å². The first-order valence-corrected chi connectivity index (χ1v) is 4.80. The summed E-state index contributed by atoms with van der Waals surface area (Å²) < 4.78 is 0. The minimum Gasteiger partial charge on any atom is -0.299 e. The average Bonchev–Trinajstić information content (AvgIpc) is 2.30. The van der Waals surface area contributed by atoms with Crippen LogP contribution in [0, 0.1) is 0 Å². The lowest BCUT2D eigenvalue weighted by Gasteiger charge is -2.02. The second-order valence-electron chi connectivity index (χ2n) is 3.04. The van der Waals surface area contributed by atoms with E-state index in [-0.39, 0.29) is 0 Å². The van der Waals surface area contributed by atoms with Crippen LogP contribution in [0.2, 0.25) is 0 Å². The number of halogens is 1. The van der Waals surface area contributed by atoms with Crippen molar-refractivity contribution in [1.29, 1.82) is 0 Å². The summed E-state index contributed by atoms with van der Waals surface area (Å²) in [6.07, 6.45) is 0. The van der Waals surface area contributed by atoms with Gasteiger partial charge in [0, 0.05) is 17.5 Å². The van der Waals surface area contributed by atoms with Crippen LogP contribution in [0.5, 0.6) is 0 Å². The van der Waals surface area contributed by atoms with E-state index < -0.39 is 0 Å². The Morgan fingerprint density at radius 3 is 1.86 bits per heavy atom. The standard InChI is InChI=1S/C12H10ClN/c13-14-12-8-6-11(7-9-12)10-4-2-1-3-5-10/h1-9,14H. The maximum atomic E-state index is 5.48. The third kappa shape index (κ3) is 1.88. The molecule has 0 amide bonds. The average molecular weight is 204 g/mol. The van der Waals surface area contributed by atoms with Crippen LogP contribution in [-0.4, -0.2) is 0 Å². The molecule has 14 heavy (non-hydrogen) atoms. The van der Waals surface area contributed by atoms with E-state index in [1.54, 1.807) is 0 Å². The molecule has 0 atom stereocenters. The Labute approximate surface area is 88.5 Å². The van der Waals surface area contributed by atoms with Gasteiger partial charge in [0.1, 0.15) is 0 Å². The second-order valence-corrected chi connectivity index (χ2v) is 3.23. The number of anilines is 1. The predicted octanol–water partition coefficient (Wildman–Crippen LogP) is 3.92. The van der Waals surface area contributed by atoms with E-state index in [1.807, 2.05) is 42.5 Å². The predicted molar refractivity (Wildman–Crippen MR) is 61.4 cm³/mol. The monoisotopic (exact) mass is 203 g/mol. The van der Waals surface area contributed by atoms with Crippen molar-refractivity contribution >= 4 is 17.5 Å². The lowest BCUT2D eigenvalue weighted by molar-refractivity contribution is 1.61. The Hall–Kier alpha value is -1.47. The Balaban J connectivity index is 2.34. The third-order valence-electron chi connectivity index (χ3n) is 2.10. The Morgan fingerprint density at radius 2 is 1.29 bits per heavy atom. The minimum absolute atomic E-state index is 0.909. The minimum atomic E-state index is 0.909. The zero-order valence-corrected chi connectivity index (χ0v) is 8.33. The highest BCUT2D eigenvalue weighted by Crippen LogP contribution is 2.20. The van der Waals surface area contributed by atoms with Gasteiger partial charge in [-0.05, 0) is 23.3 Å². The van der Waals surface area contributed by atoms with Gasteiger partial charge in [0.15, 0.2) is 0 Å². The molecule has 0 aromatic heterocycles. The number of hydrogen-bond donors (Lipinski definition) is 1. The molecule has 2 rings (SSSR count). The van der Waals surface area contributed by atoms with E-state index in [2.05, 4.69) is 17.0 Å². The summed E-state index contributed by atoms with van der Waals surface area (Å²) in [6.45, 7) is 0. The molecule has 0 radical (unpaired) electrons. The number of rotatable bonds is 2. The van der Waals surface area contributed by atoms with Gasteiger partial charge >= 0.3 is 0 Å². The summed E-state index contributed by atoms with van der Waals surface area (Å²) in [6, 6.07) is 18.2. The fourth-order valence-corrected chi connectivity index (χ4v) is 1.48. The Kier molecular flexibility index (Phi) is 2.70. The molecule has 2 aromatic rings. The summed E-state index contributed by atoms with van der Waals surface area (Å²) in [5, 5.41) is 0. The highest BCUT2D eigenvalue weighted by Gasteiger charge is 1.95. The summed E-state index contributed by atoms with van der Waals surface area (Å²) in [7, 11) is 0. The number of hydrogen-bond acceptors (Lipinski definition) is 1. The molecule has 2 heteroatoms. The molecule has 2 aromatic carbocycles. The quantitative estimate of drug-likeness (QED) is 0.730. The van der Waals surface area contributed by atoms with E-state index in [0.29, 0.717) is 0 Å². The maximum Gasteiger partial charge on any atom is 0.0492 e. The molecule has 0 aliphatic carbocycles. The Bertz CT molecular complexity index is 394. The van der Waals surface area contributed by atoms with Gasteiger partial charge in [-0.2, -0.15) is 0 Å². The van der Waals surface area contributed by atoms with Gasteiger partial charge in [0.2, 0.25) is 0 Å². The third-order valence-corrected chi connectivity index (χ3v) is 2.32. The van der Waals surface area contributed by atoms with Crippen LogP contribution in [0.4, 0.5) is 5.69 Å². The topological polar surface area (TPSA) is 12.0 Å². The van der Waals surface area contributed by atoms with E-state index >= 15 is 0 Å². The normalized spacial score (nSPS) is 9.79. The molecule has 0 fully saturated rings. The van der Waals surface area contributed by atoms with Gasteiger partial charge < -0.3 is 0 Å². The summed E-state index contributed by atoms with van der Waals surface area (Å²) in [5.74, 6) is 0. The van der Waals surface area contributed by atoms with Gasteiger partial charge in [-0.15, -0.1) is 0 Å². The van der Waals surface area contributed by atoms with Crippen LogP contribution >= 0.6 is 11.8 Å². The first kappa shape index (κ1) is 9.10. The number of nitrogens with one attached hydrogen (secondary N) is 1. The van der Waals surface area contributed by atoms with Crippen molar-refractivity contribution in [2.24, 2.45) is 0 Å². The largest absolute Gasteiger partial charge is 0.299 e. The molecule has 0 heterocycles. The highest BCUT2D eigenvalue weighted by molar-refractivity contribution is 6.23. The smallest absolute Gasteiger partial charge is 0.0492 e. The molecule has 0 spiro atoms. The lowest BCUT2D eigenvalue weighted by atomic mass is 10.1. The fourth-order valence-electron chi connectivity index (χ4n) is 1.36. The van der Waals surface area contributed by atoms with Gasteiger partial charge in [0.05, 0.1) is 0 Å². The first-order valence-electron chi connectivity index (χ1n) is 4.42. The van der Waals surface area contributed by atoms with Crippen molar-refractivity contribution in [3.05, 3.63) is 54.6 Å². The van der Waals surface area contributed by atoms with Gasteiger partial charge in [-0.3, -0.25) is 4.84 Å². The molecule has 70 valence electrons. The van der Waals surface area contributed by atoms with Crippen molar-refractivity contribution < 1.29 is 0 Å². The lowest BCUT2D eigenvalue weighted by Crippen LogP contribution is -1.80. The van der Waals surface area contributed by atoms with Crippen molar-refractivity contribution in [1.82, 2.24) is 0 Å². The van der Waals surface area contributed by atoms with Crippen LogP contribution in [0.3, 0.4) is 0 Å². The fraction of sp³-hybridized carbons (Fsp3) is 0. The van der Waals surface area contributed by atoms with Gasteiger partial charge in [-0.25, -0.2) is 0 Å². The van der Waals surface area contributed by atoms with Crippen LogP contribution in [0.15, 0.2) is 54.6 Å². The summed E-state index contributed by atoms with van der Waals surface area (Å²) in [5.41, 5.74) is 3.32. The molecule has 1 N–H and O–H groups in total. The molecular formula is C12H10ClN. The van der Waals surface area contributed by atoms with Crippen LogP contribution in [-0.2, 0) is 0 Å². The highest BCUT2D eigenvalue weighted by atomic mass is 35.5. The zero-order chi connectivity index (χ0) is 9.80. The molecule has 0 saturated heterocycles. The van der Waals surface area contributed by atoms with Crippen molar-refractivity contribution in [3.8, 4) is 11.1 Å². The molecule has 0 aliphatic rings. The number of benzene rings is 2. The van der Waals surface area contributed by atoms with E-state index in [0.717, 1.165) is 5.69 Å². The van der Waals surface area contributed by atoms with Gasteiger partial charge in [0.25, 0.3) is 0 Å². The summed E-state index contributed by atoms with van der Waals surface area (Å²) in [4.78, 5) is 2.58. The van der Waals surface area contributed by atoms with Gasteiger partial charge in [-0.1, -0.05) is 42.5 Å². The molecule has 0 aliphatic heterocycles. The maximum absolute atomic E-state index is 5.48. The zero-order valence-electron chi connectivity index (χ0n) is 7.57. The Morgan fingerprint density at radius 1 is 0.714 bits per heavy atom. The molecule has 1 nitrogen and oxygen atoms in total. The van der Waals surface area contributed by atoms with E-state index in [4.69, 9.17) is 11.8 Å². The van der Waals surface area contributed by atoms with Crippen LogP contribution in [0.1, 0.15) is 0 Å². The molecule has 0 saturated carbocycles. The van der Waals surface area contributed by atoms with Crippen molar-refractivity contribution in [2.45, 2.75) is 0 Å². The first-order chi connectivity index (χ1) is 6.90. The second kappa shape index (κ2) is 4.16. The molecule has 0 bridgehead atoms. The van der Waals surface area contributed by atoms with Crippen LogP contribution < -0.4 is 4.84 Å². The van der Waals surface area contributed by atoms with E-state index in [1.165, 1.54) is 11.1 Å². The molecular weight excluding hydrogens is 194 g/mol. The SMILES string of the molecule is ClNc1ccc(-c2ccccc2)cc1. The van der Waals surface area contributed by atoms with Crippen LogP contribution in [0.25, 0.3) is 11.1 Å². The van der Waals surface area contributed by atoms with E-state index in [9.17, 15) is 0 Å². The molecule has 0 unspecified atom stereocenters.